The third-order valence-corrected chi connectivity index (χ3v) is 22.6. The van der Waals surface area contributed by atoms with E-state index in [1.165, 1.54) is 25.3 Å². The number of methoxy groups -OCH3 is 3. The molecule has 3 aromatic heterocycles. The summed E-state index contributed by atoms with van der Waals surface area (Å²) in [5.41, 5.74) is 11.7. The van der Waals surface area contributed by atoms with Crippen molar-refractivity contribution in [2.75, 3.05) is 41.0 Å². The largest absolute Gasteiger partial charge is 0.508 e. The fourth-order valence-corrected chi connectivity index (χ4v) is 18.2. The maximum atomic E-state index is 13.3. The lowest BCUT2D eigenvalue weighted by molar-refractivity contribution is -0.147. The van der Waals surface area contributed by atoms with E-state index in [1.807, 2.05) is 84.0 Å². The van der Waals surface area contributed by atoms with Crippen LogP contribution in [-0.2, 0) is 88.2 Å². The van der Waals surface area contributed by atoms with Gasteiger partial charge in [0.05, 0.1) is 50.2 Å². The summed E-state index contributed by atoms with van der Waals surface area (Å²) in [6.45, 7) is 14.7. The van der Waals surface area contributed by atoms with E-state index in [4.69, 9.17) is 36.5 Å². The minimum absolute atomic E-state index is 0. The molecule has 0 spiro atoms. The van der Waals surface area contributed by atoms with Gasteiger partial charge in [0.15, 0.2) is 0 Å². The lowest BCUT2D eigenvalue weighted by Crippen LogP contribution is -2.75. The average Bonchev–Trinajstić information content (AvgIpc) is 0.691. The van der Waals surface area contributed by atoms with Gasteiger partial charge in [0.1, 0.15) is 45.1 Å². The summed E-state index contributed by atoms with van der Waals surface area (Å²) in [5, 5.41) is 50.6. The molecule has 0 saturated carbocycles. The van der Waals surface area contributed by atoms with Gasteiger partial charge in [0, 0.05) is 92.4 Å². The maximum absolute atomic E-state index is 13.3. The van der Waals surface area contributed by atoms with Crippen LogP contribution in [0, 0.1) is 0 Å². The monoisotopic (exact) mass is 1640 g/mol. The molecule has 3 aromatic carbocycles. The Morgan fingerprint density at radius 2 is 0.914 bits per heavy atom. The number of phenols is 1. The maximum Gasteiger partial charge on any atom is 0.410 e. The molecule has 15 rings (SSSR count). The predicted molar refractivity (Wildman–Crippen MR) is 407 cm³/mol. The Morgan fingerprint density at radius 1 is 0.552 bits per heavy atom. The van der Waals surface area contributed by atoms with E-state index in [1.54, 1.807) is 43.1 Å². The van der Waals surface area contributed by atoms with Crippen LogP contribution >= 0.6 is 47.3 Å². The zero-order chi connectivity index (χ0) is 76.6. The van der Waals surface area contributed by atoms with Crippen molar-refractivity contribution < 1.29 is 69.5 Å². The third kappa shape index (κ3) is 14.0. The summed E-state index contributed by atoms with van der Waals surface area (Å²) >= 11 is 9.31. The molecule has 9 atom stereocenters. The van der Waals surface area contributed by atoms with Crippen molar-refractivity contribution >= 4 is 80.4 Å². The molecule has 9 aliphatic rings. The highest BCUT2D eigenvalue weighted by Crippen LogP contribution is 2.60. The number of aliphatic hydroxyl groups is 3. The van der Waals surface area contributed by atoms with Gasteiger partial charge in [-0.15, -0.1) is 47.3 Å². The number of rotatable bonds is 5. The van der Waals surface area contributed by atoms with Gasteiger partial charge in [-0.3, -0.25) is 24.0 Å². The number of nitrogens with zero attached hydrogens (tertiary/aromatic N) is 2. The number of fused-ring (bicyclic) bond motifs is 6. The highest BCUT2D eigenvalue weighted by atomic mass is 79.9. The molecule has 4 amide bonds. The minimum atomic E-state index is -1.36. The Kier molecular flexibility index (Phi) is 21.9. The van der Waals surface area contributed by atoms with E-state index >= 15 is 0 Å². The van der Waals surface area contributed by atoms with E-state index < -0.39 is 103 Å². The van der Waals surface area contributed by atoms with Crippen molar-refractivity contribution in [3.63, 3.8) is 0 Å². The molecule has 6 bridgehead atoms. The van der Waals surface area contributed by atoms with E-state index in [0.717, 1.165) is 51.2 Å². The number of likely N-dealkylation sites (tertiary alicyclic amines) is 2. The number of halogens is 3. The first-order chi connectivity index (χ1) is 49.3. The number of aromatic nitrogens is 3. The van der Waals surface area contributed by atoms with Crippen LogP contribution in [0.5, 0.6) is 17.2 Å². The molecule has 0 unspecified atom stereocenters. The number of ether oxygens (including phenoxy) is 5. The van der Waals surface area contributed by atoms with Crippen LogP contribution in [0.1, 0.15) is 182 Å². The molecule has 25 nitrogen and oxygen atoms in total. The van der Waals surface area contributed by atoms with Crippen molar-refractivity contribution in [1.82, 2.24) is 30.1 Å². The Morgan fingerprint density at radius 3 is 1.30 bits per heavy atom. The second-order valence-corrected chi connectivity index (χ2v) is 36.7. The van der Waals surface area contributed by atoms with Gasteiger partial charge in [-0.1, -0.05) is 39.4 Å². The number of benzene rings is 3. The fourth-order valence-electron chi connectivity index (χ4n) is 18.2. The Hall–Kier alpha value is -7.80. The molecule has 12 N–H and O–H groups in total. The number of nitrogens with two attached hydrogens (primary N) is 2. The highest BCUT2D eigenvalue weighted by molar-refractivity contribution is 9.69. The Labute approximate surface area is 635 Å². The van der Waals surface area contributed by atoms with Crippen molar-refractivity contribution in [2.45, 2.75) is 202 Å². The van der Waals surface area contributed by atoms with Crippen LogP contribution in [0.2, 0.25) is 0 Å². The Bertz CT molecular complexity index is 4660. The molecule has 3 fully saturated rings. The summed E-state index contributed by atoms with van der Waals surface area (Å²) in [7, 11) is 4.42. The number of hydrogen-bond donors (Lipinski definition) is 10. The van der Waals surface area contributed by atoms with Gasteiger partial charge < -0.3 is 85.6 Å². The van der Waals surface area contributed by atoms with Crippen molar-refractivity contribution in [3.05, 3.63) is 188 Å². The van der Waals surface area contributed by atoms with E-state index in [0.29, 0.717) is 118 Å². The lowest BCUT2D eigenvalue weighted by Gasteiger charge is -2.63. The number of carbonyl (C=O) groups excluding carboxylic acids is 5. The van der Waals surface area contributed by atoms with Crippen LogP contribution in [0.15, 0.2) is 87.2 Å². The van der Waals surface area contributed by atoms with Gasteiger partial charge in [-0.05, 0) is 191 Å². The van der Waals surface area contributed by atoms with Crippen LogP contribution < -0.4 is 42.9 Å². The molecule has 29 heteroatoms. The summed E-state index contributed by atoms with van der Waals surface area (Å²) in [4.78, 5) is 111. The third-order valence-electron chi connectivity index (χ3n) is 22.6. The quantitative estimate of drug-likeness (QED) is 0.0444. The molecule has 6 heterocycles. The van der Waals surface area contributed by atoms with Gasteiger partial charge >= 0.3 is 21.3 Å². The van der Waals surface area contributed by atoms with Crippen molar-refractivity contribution in [3.8, 4) is 17.2 Å². The topological polar surface area (TPSA) is 382 Å². The number of aromatic amines is 3. The smallest absolute Gasteiger partial charge is 0.410 e. The van der Waals surface area contributed by atoms with E-state index in [2.05, 4.69) is 67.5 Å². The zero-order valence-electron chi connectivity index (χ0n) is 60.8. The predicted octanol–water partition coefficient (Wildman–Crippen LogP) is 8.00. The van der Waals surface area contributed by atoms with Crippen LogP contribution in [0.3, 0.4) is 0 Å². The molecular formula is C76H94BBr3N8O17. The summed E-state index contributed by atoms with van der Waals surface area (Å²) < 4.78 is 33.7. The SMILES string of the molecule is BrB(Br)Br.C.COC(=O)c1cc2c([nH]c1=O)C[C@]13CCN(C(=O)OC(C)(C)C)[C@H](Cc4ccc(OC)cc41)[C@]3(O)C2.COc1ccc2c(c1)[C@]13CCN(C(=O)OC(C)(C)C)[C@H](C2)[C@]1(O)Cc1cc(C(N)=O)c(=O)[nH]c1C3.NC(=O)c1cc2c([nH]c1=O)C[C@]13CCN[C@H](Cc4ccc(O)cc41)[C@]3(O)C2.[2H]CC. The number of amides is 4. The number of piperidine rings is 3. The molecule has 6 aromatic rings. The van der Waals surface area contributed by atoms with Crippen LogP contribution in [-0.4, -0.2) is 165 Å². The van der Waals surface area contributed by atoms with E-state index in [9.17, 15) is 58.8 Å². The van der Waals surface area contributed by atoms with E-state index in [-0.39, 0.29) is 51.9 Å². The molecule has 0 radical (unpaired) electrons. The molecule has 6 aliphatic carbocycles. The molecular weight excluding hydrogens is 1550 g/mol. The fraction of sp³-hybridized carbons (Fsp3) is 0.500. The van der Waals surface area contributed by atoms with Crippen LogP contribution in [0.4, 0.5) is 9.59 Å². The lowest BCUT2D eigenvalue weighted by atomic mass is 9.49. The van der Waals surface area contributed by atoms with Crippen molar-refractivity contribution in [2.24, 2.45) is 11.5 Å². The standard InChI is InChI=1S/C27H32N2O7.C26H31N3O6.C20H21N3O4.C2H6.CH4.BBr3/c1-25(2,3)36-24(32)29-9-8-26-14-20-16(10-18(22(30)28-20)23(31)35-5)13-27(26,33)21(29)11-15-6-7-17(34-4)12-19(15)26;1-24(2,3)35-23(32)29-8-7-25-13-19-15(9-17(21(27)30)22(31)28-19)12-26(25,33)20(29)10-14-5-6-16(34-4)11-18(14)25;21-17(25)13-5-11-8-20(27)16-6-10-1-2-12(24)7-14(10)19(20,3-4-22-16)9-15(11)23-18(13)26;1-2;;2-1(3)4/h6-7,10,12,21,33H,8-9,11,13-14H2,1-5H3,(H,28,30);5-6,9,11,20,33H,7-8,10,12-13H2,1-4H3,(H2,27,30)(H,28,31);1-2,5,7,16,22,24,27H,3-4,6,8-9H2,(H2,21,25)(H,23,26);1-2H3;1H4;/t21-,26-,27-;20-,25-,26-;16-,19-,20-;;;/m111.../s1/i;;;1D;;. The first kappa shape index (κ1) is 78.3. The van der Waals surface area contributed by atoms with Crippen molar-refractivity contribution in [1.29, 1.82) is 0 Å². The summed E-state index contributed by atoms with van der Waals surface area (Å²) in [5.74, 6) is -0.804. The van der Waals surface area contributed by atoms with Crippen LogP contribution in [0.25, 0.3) is 0 Å². The molecule has 3 saturated heterocycles. The Balaban J connectivity index is 0.000000163. The number of primary amides is 2. The zero-order valence-corrected chi connectivity index (χ0v) is 64.6. The molecule has 105 heavy (non-hydrogen) atoms. The number of H-pyrrole nitrogens is 3. The van der Waals surface area contributed by atoms with Gasteiger partial charge in [0.2, 0.25) is 0 Å². The number of nitrogens with one attached hydrogen (secondary N) is 4. The number of esters is 1. The number of carbonyl (C=O) groups is 5. The molecule has 564 valence electrons. The molecule has 3 aliphatic heterocycles. The van der Waals surface area contributed by atoms with Gasteiger partial charge in [-0.25, -0.2) is 14.4 Å². The summed E-state index contributed by atoms with van der Waals surface area (Å²) in [6.07, 6.45) is 4.03. The second kappa shape index (κ2) is 29.4. The first-order valence-corrected chi connectivity index (χ1v) is 37.3. The average molecular weight is 1640 g/mol. The first-order valence-electron chi connectivity index (χ1n) is 35.2. The van der Waals surface area contributed by atoms with Gasteiger partial charge in [-0.2, -0.15) is 0 Å². The highest BCUT2D eigenvalue weighted by Gasteiger charge is 2.68. The summed E-state index contributed by atoms with van der Waals surface area (Å²) in [6, 6.07) is 20.3. The second-order valence-electron chi connectivity index (χ2n) is 30.2. The normalized spacial score (nSPS) is 26.3. The number of hydrogen-bond acceptors (Lipinski definition) is 18. The number of pyridine rings is 3. The number of aromatic hydroxyl groups is 1. The minimum Gasteiger partial charge on any atom is -0.508 e. The number of phenolic OH excluding ortho intramolecular Hbond substituents is 1. The van der Waals surface area contributed by atoms with Gasteiger partial charge in [0.25, 0.3) is 28.5 Å².